The SMILES string of the molecule is CNC(=O)c1ccccc1Nc1cc(NC2C(OC)C=C(N3CCN(C)CC3)C3CC32)ncc1C(F)(F)F. The Kier molecular flexibility index (Phi) is 7.23. The first-order valence-corrected chi connectivity index (χ1v) is 12.8. The van der Waals surface area contributed by atoms with Gasteiger partial charge in [-0.15, -0.1) is 0 Å². The van der Waals surface area contributed by atoms with Gasteiger partial charge in [0.2, 0.25) is 0 Å². The van der Waals surface area contributed by atoms with Crippen LogP contribution >= 0.6 is 0 Å². The lowest BCUT2D eigenvalue weighted by molar-refractivity contribution is -0.137. The molecule has 4 atom stereocenters. The molecule has 2 aliphatic carbocycles. The number of ether oxygens (including phenoxy) is 1. The molecular formula is C27H33F3N6O2. The number of nitrogens with one attached hydrogen (secondary N) is 3. The van der Waals surface area contributed by atoms with E-state index in [0.717, 1.165) is 38.8 Å². The topological polar surface area (TPSA) is 81.8 Å². The molecule has 8 nitrogen and oxygen atoms in total. The van der Waals surface area contributed by atoms with Gasteiger partial charge in [-0.05, 0) is 37.6 Å². The molecule has 3 N–H and O–H groups in total. The molecule has 1 aromatic carbocycles. The minimum absolute atomic E-state index is 0.114. The molecule has 38 heavy (non-hydrogen) atoms. The number of benzene rings is 1. The maximum absolute atomic E-state index is 13.9. The molecular weight excluding hydrogens is 497 g/mol. The van der Waals surface area contributed by atoms with Gasteiger partial charge in [-0.3, -0.25) is 4.79 Å². The van der Waals surface area contributed by atoms with E-state index in [9.17, 15) is 18.0 Å². The Balaban J connectivity index is 1.40. The molecule has 1 aromatic heterocycles. The van der Waals surface area contributed by atoms with Crippen LogP contribution in [0.2, 0.25) is 0 Å². The van der Waals surface area contributed by atoms with E-state index < -0.39 is 17.6 Å². The summed E-state index contributed by atoms with van der Waals surface area (Å²) in [7, 11) is 5.25. The van der Waals surface area contributed by atoms with Gasteiger partial charge in [-0.25, -0.2) is 4.98 Å². The number of piperazine rings is 1. The van der Waals surface area contributed by atoms with Crippen LogP contribution in [-0.4, -0.2) is 80.2 Å². The number of pyridine rings is 1. The molecule has 3 aliphatic rings. The zero-order valence-corrected chi connectivity index (χ0v) is 21.7. The van der Waals surface area contributed by atoms with Crippen LogP contribution in [0, 0.1) is 11.8 Å². The smallest absolute Gasteiger partial charge is 0.375 e. The summed E-state index contributed by atoms with van der Waals surface area (Å²) in [4.78, 5) is 21.1. The van der Waals surface area contributed by atoms with E-state index in [0.29, 0.717) is 17.7 Å². The number of methoxy groups -OCH3 is 1. The van der Waals surface area contributed by atoms with Crippen LogP contribution in [0.4, 0.5) is 30.4 Å². The highest BCUT2D eigenvalue weighted by molar-refractivity contribution is 6.00. The lowest BCUT2D eigenvalue weighted by Gasteiger charge is -2.39. The second-order valence-corrected chi connectivity index (χ2v) is 10.1. The van der Waals surface area contributed by atoms with Gasteiger partial charge in [0.1, 0.15) is 5.82 Å². The Bertz CT molecular complexity index is 1210. The van der Waals surface area contributed by atoms with Gasteiger partial charge in [0, 0.05) is 64.2 Å². The van der Waals surface area contributed by atoms with Gasteiger partial charge in [-0.1, -0.05) is 12.1 Å². The Hall–Kier alpha value is -3.31. The lowest BCUT2D eigenvalue weighted by Crippen LogP contribution is -2.47. The van der Waals surface area contributed by atoms with E-state index in [-0.39, 0.29) is 29.1 Å². The van der Waals surface area contributed by atoms with Gasteiger partial charge < -0.3 is 30.5 Å². The minimum atomic E-state index is -4.63. The lowest BCUT2D eigenvalue weighted by atomic mass is 9.95. The predicted octanol–water partition coefficient (Wildman–Crippen LogP) is 3.78. The Morgan fingerprint density at radius 1 is 1.13 bits per heavy atom. The van der Waals surface area contributed by atoms with Crippen LogP contribution in [0.5, 0.6) is 0 Å². The van der Waals surface area contributed by atoms with E-state index in [4.69, 9.17) is 4.74 Å². The van der Waals surface area contributed by atoms with E-state index in [1.807, 2.05) is 0 Å². The Morgan fingerprint density at radius 3 is 2.55 bits per heavy atom. The third kappa shape index (κ3) is 5.30. The number of carbonyl (C=O) groups excluding carboxylic acids is 1. The van der Waals surface area contributed by atoms with Gasteiger partial charge in [0.15, 0.2) is 0 Å². The standard InChI is InChI=1S/C27H33F3N6O2/c1-31-26(37)16-6-4-5-7-20(16)33-21-13-24(32-15-19(21)27(28,29)30)34-25-18-12-17(18)22(14-23(25)38-3)36-10-8-35(2)9-11-36/h4-7,13-15,17-18,23,25H,8-12H2,1-3H3,(H,31,37)(H2,32,33,34). The summed E-state index contributed by atoms with van der Waals surface area (Å²) in [6.45, 7) is 3.99. The summed E-state index contributed by atoms with van der Waals surface area (Å²) in [6, 6.07) is 7.68. The molecule has 0 radical (unpaired) electrons. The van der Waals surface area contributed by atoms with Crippen molar-refractivity contribution in [3.63, 3.8) is 0 Å². The van der Waals surface area contributed by atoms with Crippen LogP contribution in [0.1, 0.15) is 22.3 Å². The van der Waals surface area contributed by atoms with Crippen LogP contribution in [-0.2, 0) is 10.9 Å². The minimum Gasteiger partial charge on any atom is -0.375 e. The summed E-state index contributed by atoms with van der Waals surface area (Å²) in [5.74, 6) is 0.636. The molecule has 5 rings (SSSR count). The average Bonchev–Trinajstić information content (AvgIpc) is 3.70. The summed E-state index contributed by atoms with van der Waals surface area (Å²) in [6.07, 6.45) is -0.866. The fraction of sp³-hybridized carbons (Fsp3) is 0.481. The number of hydrogen-bond donors (Lipinski definition) is 3. The number of alkyl halides is 3. The molecule has 2 heterocycles. The predicted molar refractivity (Wildman–Crippen MR) is 139 cm³/mol. The summed E-state index contributed by atoms with van der Waals surface area (Å²) >= 11 is 0. The van der Waals surface area contributed by atoms with Crippen molar-refractivity contribution in [3.8, 4) is 0 Å². The fourth-order valence-corrected chi connectivity index (χ4v) is 5.50. The number of para-hydroxylation sites is 1. The zero-order chi connectivity index (χ0) is 27.0. The monoisotopic (exact) mass is 530 g/mol. The number of hydrogen-bond acceptors (Lipinski definition) is 7. The van der Waals surface area contributed by atoms with Crippen molar-refractivity contribution in [2.45, 2.75) is 24.7 Å². The number of carbonyl (C=O) groups is 1. The van der Waals surface area contributed by atoms with E-state index >= 15 is 0 Å². The van der Waals surface area contributed by atoms with Crippen LogP contribution in [0.3, 0.4) is 0 Å². The molecule has 1 saturated carbocycles. The molecule has 0 bridgehead atoms. The third-order valence-corrected chi connectivity index (χ3v) is 7.70. The molecule has 2 aromatic rings. The Labute approximate surface area is 220 Å². The molecule has 1 saturated heterocycles. The third-order valence-electron chi connectivity index (χ3n) is 7.70. The number of amides is 1. The zero-order valence-electron chi connectivity index (χ0n) is 21.7. The summed E-state index contributed by atoms with van der Waals surface area (Å²) < 4.78 is 47.5. The number of likely N-dealkylation sites (N-methyl/N-ethyl adjacent to an activating group) is 1. The van der Waals surface area contributed by atoms with Gasteiger partial charge in [0.05, 0.1) is 34.6 Å². The maximum atomic E-state index is 13.9. The van der Waals surface area contributed by atoms with E-state index in [2.05, 4.69) is 43.9 Å². The van der Waals surface area contributed by atoms with Crippen molar-refractivity contribution in [1.82, 2.24) is 20.1 Å². The maximum Gasteiger partial charge on any atom is 0.419 e. The van der Waals surface area contributed by atoms with Crippen molar-refractivity contribution < 1.29 is 22.7 Å². The van der Waals surface area contributed by atoms with Gasteiger partial charge in [-0.2, -0.15) is 13.2 Å². The number of anilines is 3. The van der Waals surface area contributed by atoms with Gasteiger partial charge >= 0.3 is 6.18 Å². The number of nitrogens with zero attached hydrogens (tertiary/aromatic N) is 3. The molecule has 204 valence electrons. The first kappa shape index (κ1) is 26.3. The van der Waals surface area contributed by atoms with Crippen molar-refractivity contribution in [2.24, 2.45) is 11.8 Å². The summed E-state index contributed by atoms with van der Waals surface area (Å²) in [5, 5.41) is 8.71. The van der Waals surface area contributed by atoms with Crippen LogP contribution in [0.25, 0.3) is 0 Å². The average molecular weight is 531 g/mol. The number of rotatable bonds is 7. The first-order chi connectivity index (χ1) is 18.2. The van der Waals surface area contributed by atoms with E-state index in [1.165, 1.54) is 18.8 Å². The summed E-state index contributed by atoms with van der Waals surface area (Å²) in [5.41, 5.74) is 0.731. The molecule has 1 aliphatic heterocycles. The molecule has 1 amide bonds. The highest BCUT2D eigenvalue weighted by Gasteiger charge is 2.52. The van der Waals surface area contributed by atoms with Gasteiger partial charge in [0.25, 0.3) is 5.91 Å². The van der Waals surface area contributed by atoms with Crippen molar-refractivity contribution >= 4 is 23.1 Å². The van der Waals surface area contributed by atoms with Crippen molar-refractivity contribution in [1.29, 1.82) is 0 Å². The highest BCUT2D eigenvalue weighted by atomic mass is 19.4. The number of aromatic nitrogens is 1. The molecule has 4 unspecified atom stereocenters. The number of fused-ring (bicyclic) bond motifs is 1. The van der Waals surface area contributed by atoms with Crippen LogP contribution in [0.15, 0.2) is 48.3 Å². The number of allylic oxidation sites excluding steroid dienone is 1. The molecule has 2 fully saturated rings. The highest BCUT2D eigenvalue weighted by Crippen LogP contribution is 2.52. The second-order valence-electron chi connectivity index (χ2n) is 10.1. The van der Waals surface area contributed by atoms with Crippen molar-refractivity contribution in [3.05, 3.63) is 59.4 Å². The normalized spacial score (nSPS) is 25.3. The first-order valence-electron chi connectivity index (χ1n) is 12.8. The Morgan fingerprint density at radius 2 is 1.87 bits per heavy atom. The molecule has 0 spiro atoms. The number of halogens is 3. The quantitative estimate of drug-likeness (QED) is 0.503. The second kappa shape index (κ2) is 10.5. The fourth-order valence-electron chi connectivity index (χ4n) is 5.50. The van der Waals surface area contributed by atoms with Crippen LogP contribution < -0.4 is 16.0 Å². The molecule has 11 heteroatoms. The largest absolute Gasteiger partial charge is 0.419 e. The van der Waals surface area contributed by atoms with Crippen molar-refractivity contribution in [2.75, 3.05) is 58.0 Å². The van der Waals surface area contributed by atoms with E-state index in [1.54, 1.807) is 31.4 Å².